The highest BCUT2D eigenvalue weighted by Gasteiger charge is 2.27. The van der Waals surface area contributed by atoms with Crippen molar-refractivity contribution in [3.63, 3.8) is 0 Å². The van der Waals surface area contributed by atoms with Crippen LogP contribution in [0.1, 0.15) is 16.8 Å². The Morgan fingerprint density at radius 1 is 1.00 bits per heavy atom. The molecule has 0 aliphatic carbocycles. The van der Waals surface area contributed by atoms with Crippen LogP contribution in [-0.2, 0) is 24.9 Å². The monoisotopic (exact) mass is 769 g/mol. The topological polar surface area (TPSA) is 118 Å². The minimum Gasteiger partial charge on any atom is -0.491 e. The second-order valence-corrected chi connectivity index (χ2v) is 14.7. The van der Waals surface area contributed by atoms with E-state index in [0.29, 0.717) is 44.7 Å². The number of ether oxygens (including phenoxy) is 2. The predicted octanol–water partition coefficient (Wildman–Crippen LogP) is 7.17. The molecular weight excluding hydrogens is 729 g/mol. The average molecular weight is 770 g/mol. The molecule has 0 amide bonds. The lowest BCUT2D eigenvalue weighted by Crippen LogP contribution is -2.45. The number of likely N-dealkylation sites (N-methyl/N-ethyl adjacent to an activating group) is 1. The third-order valence-corrected chi connectivity index (χ3v) is 11.4. The van der Waals surface area contributed by atoms with Gasteiger partial charge in [-0.2, -0.15) is 5.10 Å². The first-order valence-electron chi connectivity index (χ1n) is 17.7. The van der Waals surface area contributed by atoms with Gasteiger partial charge in [0, 0.05) is 62.8 Å². The first-order chi connectivity index (χ1) is 26.2. The smallest absolute Gasteiger partial charge is 0.326 e. The molecule has 1 saturated heterocycles. The molecule has 0 unspecified atom stereocenters. The van der Waals surface area contributed by atoms with E-state index in [-0.39, 0.29) is 18.8 Å². The number of benzene rings is 3. The van der Waals surface area contributed by atoms with Crippen molar-refractivity contribution < 1.29 is 23.8 Å². The van der Waals surface area contributed by atoms with Crippen LogP contribution < -0.4 is 14.8 Å². The second-order valence-electron chi connectivity index (χ2n) is 13.3. The van der Waals surface area contributed by atoms with Crippen LogP contribution in [0.25, 0.3) is 31.8 Å². The molecule has 54 heavy (non-hydrogen) atoms. The van der Waals surface area contributed by atoms with E-state index in [4.69, 9.17) is 21.1 Å². The lowest BCUT2D eigenvalue weighted by atomic mass is 9.95. The van der Waals surface area contributed by atoms with E-state index in [1.807, 2.05) is 56.4 Å². The maximum atomic E-state index is 14.1. The lowest BCUT2D eigenvalue weighted by molar-refractivity contribution is -0.137. The molecule has 3 aromatic heterocycles. The molecule has 1 aliphatic heterocycles. The molecule has 1 aliphatic rings. The van der Waals surface area contributed by atoms with Crippen LogP contribution >= 0.6 is 22.9 Å². The van der Waals surface area contributed by atoms with Crippen molar-refractivity contribution in [1.29, 1.82) is 0 Å². The number of fused-ring (bicyclic) bond motifs is 1. The van der Waals surface area contributed by atoms with Crippen LogP contribution in [0.5, 0.6) is 11.5 Å². The zero-order valence-electron chi connectivity index (χ0n) is 30.3. The number of nitrogens with zero attached hydrogens (tertiary/aromatic N) is 6. The summed E-state index contributed by atoms with van der Waals surface area (Å²) in [6, 6.07) is 18.3. The Morgan fingerprint density at radius 2 is 1.78 bits per heavy atom. The predicted molar refractivity (Wildman–Crippen MR) is 210 cm³/mol. The Balaban J connectivity index is 1.22. The normalized spacial score (nSPS) is 14.3. The molecule has 4 heterocycles. The zero-order valence-corrected chi connectivity index (χ0v) is 31.8. The number of hydrogen-bond acceptors (Lipinski definition) is 10. The van der Waals surface area contributed by atoms with E-state index in [1.54, 1.807) is 23.0 Å². The van der Waals surface area contributed by atoms with E-state index in [9.17, 15) is 14.3 Å². The molecule has 7 rings (SSSR count). The van der Waals surface area contributed by atoms with Gasteiger partial charge in [0.1, 0.15) is 53.5 Å². The van der Waals surface area contributed by atoms with Gasteiger partial charge < -0.3 is 24.8 Å². The number of carboxylic acid groups (broad SMARTS) is 1. The Kier molecular flexibility index (Phi) is 11.4. The highest BCUT2D eigenvalue weighted by atomic mass is 35.5. The van der Waals surface area contributed by atoms with Crippen LogP contribution in [0.15, 0.2) is 79.3 Å². The molecular formula is C40H41ClFN7O4S. The Morgan fingerprint density at radius 3 is 2.52 bits per heavy atom. The molecule has 0 bridgehead atoms. The number of hydrogen-bond donors (Lipinski definition) is 2. The Hall–Kier alpha value is -5.08. The molecule has 6 aromatic rings. The summed E-state index contributed by atoms with van der Waals surface area (Å²) in [6.45, 7) is 7.56. The quantitative estimate of drug-likeness (QED) is 0.118. The van der Waals surface area contributed by atoms with E-state index in [2.05, 4.69) is 37.2 Å². The number of aromatic nitrogens is 4. The van der Waals surface area contributed by atoms with Gasteiger partial charge >= 0.3 is 5.97 Å². The highest BCUT2D eigenvalue weighted by molar-refractivity contribution is 7.22. The van der Waals surface area contributed by atoms with Crippen LogP contribution in [0.3, 0.4) is 0 Å². The molecule has 14 heteroatoms. The minimum absolute atomic E-state index is 0.109. The van der Waals surface area contributed by atoms with Gasteiger partial charge in [0.25, 0.3) is 0 Å². The van der Waals surface area contributed by atoms with Gasteiger partial charge in [-0.3, -0.25) is 9.58 Å². The number of nitrogens with one attached hydrogen (secondary N) is 1. The third kappa shape index (κ3) is 8.19. The van der Waals surface area contributed by atoms with Gasteiger partial charge in [-0.05, 0) is 66.6 Å². The maximum Gasteiger partial charge on any atom is 0.326 e. The fourth-order valence-corrected chi connectivity index (χ4v) is 7.98. The number of thiophene rings is 1. The number of halogens is 2. The third-order valence-electron chi connectivity index (χ3n) is 9.78. The summed E-state index contributed by atoms with van der Waals surface area (Å²) in [5.41, 5.74) is 4.71. The van der Waals surface area contributed by atoms with E-state index in [1.165, 1.54) is 29.8 Å². The standard InChI is InChI=1S/C40H41ClFN7O4S/c1-25-30(12-13-33(36(25)41)52-21-20-49-18-16-47(2)17-19-49)34-35-38(43-24-44-39(35)54-37(34)26-8-10-28(42)11-9-26)46-31(40(50)51)22-27-6-4-5-7-32(27)53-23-29-14-15-45-48(29)3/h4-15,24,31H,16-23H2,1-3H3,(H,50,51)(H,43,44,46)/t31-/m1/s1. The van der Waals surface area contributed by atoms with Gasteiger partial charge in [0.2, 0.25) is 0 Å². The van der Waals surface area contributed by atoms with Gasteiger partial charge in [0.15, 0.2) is 0 Å². The maximum absolute atomic E-state index is 14.1. The fraction of sp³-hybridized carbons (Fsp3) is 0.300. The fourth-order valence-electron chi connectivity index (χ4n) is 6.60. The zero-order chi connectivity index (χ0) is 37.8. The minimum atomic E-state index is -1.08. The summed E-state index contributed by atoms with van der Waals surface area (Å²) in [6.07, 6.45) is 3.23. The number of carbonyl (C=O) groups is 1. The summed E-state index contributed by atoms with van der Waals surface area (Å²) < 4.78 is 28.2. The first-order valence-corrected chi connectivity index (χ1v) is 18.9. The molecule has 1 fully saturated rings. The number of carboxylic acids is 1. The van der Waals surface area contributed by atoms with Crippen molar-refractivity contribution in [2.75, 3.05) is 51.7 Å². The Labute approximate surface area is 321 Å². The summed E-state index contributed by atoms with van der Waals surface area (Å²) in [5, 5.41) is 19.1. The molecule has 3 aromatic carbocycles. The molecule has 11 nitrogen and oxygen atoms in total. The molecule has 0 radical (unpaired) electrons. The number of aryl methyl sites for hydroxylation is 1. The molecule has 280 valence electrons. The summed E-state index contributed by atoms with van der Waals surface area (Å²) in [5.74, 6) is 0.0966. The van der Waals surface area contributed by atoms with Crippen LogP contribution in [0.4, 0.5) is 10.2 Å². The van der Waals surface area contributed by atoms with E-state index >= 15 is 0 Å². The van der Waals surface area contributed by atoms with E-state index < -0.39 is 12.0 Å². The van der Waals surface area contributed by atoms with Gasteiger partial charge in [0.05, 0.1) is 16.1 Å². The van der Waals surface area contributed by atoms with Crippen LogP contribution in [0, 0.1) is 12.7 Å². The number of para-hydroxylation sites is 1. The van der Waals surface area contributed by atoms with Gasteiger partial charge in [-0.15, -0.1) is 11.3 Å². The van der Waals surface area contributed by atoms with Gasteiger partial charge in [-0.25, -0.2) is 19.2 Å². The number of rotatable bonds is 14. The van der Waals surface area contributed by atoms with Crippen molar-refractivity contribution in [2.45, 2.75) is 26.0 Å². The Bertz CT molecular complexity index is 2260. The lowest BCUT2D eigenvalue weighted by Gasteiger charge is -2.32. The van der Waals surface area contributed by atoms with Crippen molar-refractivity contribution in [1.82, 2.24) is 29.5 Å². The SMILES string of the molecule is Cc1c(-c2c(-c3ccc(F)cc3)sc3ncnc(N[C@H](Cc4ccccc4OCc4ccnn4C)C(=O)O)c23)ccc(OCCN2CCN(C)CC2)c1Cl. The average Bonchev–Trinajstić information content (AvgIpc) is 3.77. The van der Waals surface area contributed by atoms with Crippen molar-refractivity contribution in [3.05, 3.63) is 107 Å². The number of anilines is 1. The van der Waals surface area contributed by atoms with Crippen molar-refractivity contribution >= 4 is 44.9 Å². The highest BCUT2D eigenvalue weighted by Crippen LogP contribution is 2.49. The van der Waals surface area contributed by atoms with Crippen molar-refractivity contribution in [2.24, 2.45) is 7.05 Å². The number of piperazine rings is 1. The largest absolute Gasteiger partial charge is 0.491 e. The van der Waals surface area contributed by atoms with Crippen LogP contribution in [0.2, 0.25) is 5.02 Å². The first kappa shape index (κ1) is 37.2. The molecule has 0 saturated carbocycles. The van der Waals surface area contributed by atoms with E-state index in [0.717, 1.165) is 65.5 Å². The summed E-state index contributed by atoms with van der Waals surface area (Å²) in [7, 11) is 3.97. The number of aliphatic carboxylic acids is 1. The van der Waals surface area contributed by atoms with Gasteiger partial charge in [-0.1, -0.05) is 48.0 Å². The summed E-state index contributed by atoms with van der Waals surface area (Å²) in [4.78, 5) is 28.2. The molecule has 1 atom stereocenters. The second kappa shape index (κ2) is 16.5. The molecule has 0 spiro atoms. The molecule has 2 N–H and O–H groups in total. The van der Waals surface area contributed by atoms with Crippen molar-refractivity contribution in [3.8, 4) is 33.1 Å². The summed E-state index contributed by atoms with van der Waals surface area (Å²) >= 11 is 8.45. The van der Waals surface area contributed by atoms with Crippen LogP contribution in [-0.4, -0.2) is 93.0 Å².